The largest absolute Gasteiger partial charge is 0.378 e. The van der Waals surface area contributed by atoms with E-state index in [-0.39, 0.29) is 11.3 Å². The van der Waals surface area contributed by atoms with Crippen LogP contribution in [0, 0.1) is 11.3 Å². The molecule has 0 radical (unpaired) electrons. The Morgan fingerprint density at radius 2 is 1.97 bits per heavy atom. The molecule has 1 aromatic heterocycles. The molecule has 3 unspecified atom stereocenters. The smallest absolute Gasteiger partial charge is 0.254 e. The van der Waals surface area contributed by atoms with Crippen LogP contribution in [0.15, 0.2) is 30.3 Å². The minimum atomic E-state index is 0.101. The maximum Gasteiger partial charge on any atom is 0.254 e. The maximum absolute atomic E-state index is 13.4. The van der Waals surface area contributed by atoms with E-state index in [0.29, 0.717) is 44.2 Å². The SMILES string of the molecule is CC(C)(C)C1NNCC1CN1CCC(c2cc(C(=O)N3CCOCC3)c3ccccc3n2)C1. The number of hydrazine groups is 1. The van der Waals surface area contributed by atoms with E-state index >= 15 is 0 Å². The number of ether oxygens (including phenoxy) is 1. The summed E-state index contributed by atoms with van der Waals surface area (Å²) >= 11 is 0. The van der Waals surface area contributed by atoms with E-state index < -0.39 is 0 Å². The number of nitrogens with zero attached hydrogens (tertiary/aromatic N) is 3. The van der Waals surface area contributed by atoms with Crippen molar-refractivity contribution in [3.63, 3.8) is 0 Å². The molecule has 1 amide bonds. The van der Waals surface area contributed by atoms with Gasteiger partial charge in [-0.3, -0.25) is 20.6 Å². The van der Waals surface area contributed by atoms with Crippen LogP contribution in [0.5, 0.6) is 0 Å². The van der Waals surface area contributed by atoms with Gasteiger partial charge in [-0.05, 0) is 30.5 Å². The maximum atomic E-state index is 13.4. The zero-order chi connectivity index (χ0) is 23.0. The Morgan fingerprint density at radius 1 is 1.18 bits per heavy atom. The van der Waals surface area contributed by atoms with Gasteiger partial charge in [0.05, 0.1) is 24.3 Å². The van der Waals surface area contributed by atoms with Crippen LogP contribution >= 0.6 is 0 Å². The van der Waals surface area contributed by atoms with Crippen molar-refractivity contribution < 1.29 is 9.53 Å². The van der Waals surface area contributed by atoms with Crippen molar-refractivity contribution >= 4 is 16.8 Å². The van der Waals surface area contributed by atoms with E-state index in [1.54, 1.807) is 0 Å². The van der Waals surface area contributed by atoms with Crippen molar-refractivity contribution in [3.05, 3.63) is 41.6 Å². The average molecular weight is 452 g/mol. The van der Waals surface area contributed by atoms with Crippen molar-refractivity contribution in [3.8, 4) is 0 Å². The molecule has 0 saturated carbocycles. The van der Waals surface area contributed by atoms with E-state index in [9.17, 15) is 4.79 Å². The number of likely N-dealkylation sites (tertiary alicyclic amines) is 1. The highest BCUT2D eigenvalue weighted by Crippen LogP contribution is 2.33. The van der Waals surface area contributed by atoms with Crippen molar-refractivity contribution in [2.75, 3.05) is 52.5 Å². The second-order valence-electron chi connectivity index (χ2n) is 10.9. The molecule has 5 rings (SSSR count). The molecule has 3 aliphatic heterocycles. The van der Waals surface area contributed by atoms with E-state index in [2.05, 4.69) is 42.6 Å². The van der Waals surface area contributed by atoms with Gasteiger partial charge in [-0.25, -0.2) is 0 Å². The lowest BCUT2D eigenvalue weighted by atomic mass is 9.80. The number of morpholine rings is 1. The number of fused-ring (bicyclic) bond motifs is 1. The van der Waals surface area contributed by atoms with Crippen LogP contribution < -0.4 is 10.9 Å². The molecule has 33 heavy (non-hydrogen) atoms. The van der Waals surface area contributed by atoms with Gasteiger partial charge in [0.25, 0.3) is 5.91 Å². The quantitative estimate of drug-likeness (QED) is 0.745. The predicted octanol–water partition coefficient (Wildman–Crippen LogP) is 2.64. The van der Waals surface area contributed by atoms with Gasteiger partial charge in [-0.2, -0.15) is 0 Å². The number of rotatable bonds is 4. The Kier molecular flexibility index (Phi) is 6.40. The Morgan fingerprint density at radius 3 is 2.76 bits per heavy atom. The standard InChI is InChI=1S/C26H37N5O2/c1-26(2,3)24-19(15-27-29-24)17-30-9-8-18(16-30)23-14-21(20-6-4-5-7-22(20)28-23)25(32)31-10-12-33-13-11-31/h4-7,14,18-19,24,27,29H,8-13,15-17H2,1-3H3. The molecular weight excluding hydrogens is 414 g/mol. The first-order valence-corrected chi connectivity index (χ1v) is 12.4. The highest BCUT2D eigenvalue weighted by Gasteiger charge is 2.38. The fourth-order valence-electron chi connectivity index (χ4n) is 5.72. The highest BCUT2D eigenvalue weighted by atomic mass is 16.5. The van der Waals surface area contributed by atoms with Crippen LogP contribution in [0.25, 0.3) is 10.9 Å². The normalized spacial score (nSPS) is 26.9. The molecule has 0 spiro atoms. The average Bonchev–Trinajstić information content (AvgIpc) is 3.48. The minimum Gasteiger partial charge on any atom is -0.378 e. The van der Waals surface area contributed by atoms with Crippen LogP contribution in [-0.4, -0.2) is 79.2 Å². The molecule has 7 heteroatoms. The minimum absolute atomic E-state index is 0.101. The third-order valence-electron chi connectivity index (χ3n) is 7.47. The predicted molar refractivity (Wildman–Crippen MR) is 130 cm³/mol. The fourth-order valence-corrected chi connectivity index (χ4v) is 5.72. The van der Waals surface area contributed by atoms with Crippen LogP contribution in [0.3, 0.4) is 0 Å². The highest BCUT2D eigenvalue weighted by molar-refractivity contribution is 6.06. The number of pyridine rings is 1. The number of carbonyl (C=O) groups excluding carboxylic acids is 1. The number of hydrogen-bond donors (Lipinski definition) is 2. The van der Waals surface area contributed by atoms with E-state index in [0.717, 1.165) is 54.8 Å². The molecule has 3 atom stereocenters. The van der Waals surface area contributed by atoms with Gasteiger partial charge in [0.1, 0.15) is 0 Å². The molecule has 4 heterocycles. The zero-order valence-corrected chi connectivity index (χ0v) is 20.1. The monoisotopic (exact) mass is 451 g/mol. The van der Waals surface area contributed by atoms with Gasteiger partial charge in [0.15, 0.2) is 0 Å². The van der Waals surface area contributed by atoms with Crippen LogP contribution in [0.1, 0.15) is 49.2 Å². The summed E-state index contributed by atoms with van der Waals surface area (Å²) in [7, 11) is 0. The fraction of sp³-hybridized carbons (Fsp3) is 0.615. The third kappa shape index (κ3) is 4.78. The van der Waals surface area contributed by atoms with Crippen LogP contribution in [0.2, 0.25) is 0 Å². The summed E-state index contributed by atoms with van der Waals surface area (Å²) in [5.41, 5.74) is 9.86. The van der Waals surface area contributed by atoms with Crippen molar-refractivity contribution in [1.29, 1.82) is 0 Å². The number of carbonyl (C=O) groups is 1. The number of para-hydroxylation sites is 1. The second-order valence-corrected chi connectivity index (χ2v) is 10.9. The molecule has 1 aromatic carbocycles. The molecule has 2 N–H and O–H groups in total. The number of nitrogens with one attached hydrogen (secondary N) is 2. The van der Waals surface area contributed by atoms with Gasteiger partial charge >= 0.3 is 0 Å². The molecule has 3 aliphatic rings. The summed E-state index contributed by atoms with van der Waals surface area (Å²) in [6.07, 6.45) is 1.09. The van der Waals surface area contributed by atoms with Crippen molar-refractivity contribution in [2.45, 2.75) is 39.2 Å². The molecule has 3 fully saturated rings. The molecule has 0 aliphatic carbocycles. The molecule has 178 valence electrons. The lowest BCUT2D eigenvalue weighted by Gasteiger charge is -2.33. The molecule has 3 saturated heterocycles. The third-order valence-corrected chi connectivity index (χ3v) is 7.47. The summed E-state index contributed by atoms with van der Waals surface area (Å²) in [5, 5.41) is 0.948. The first-order chi connectivity index (χ1) is 15.9. The zero-order valence-electron chi connectivity index (χ0n) is 20.1. The second kappa shape index (κ2) is 9.29. The molecule has 7 nitrogen and oxygen atoms in total. The van der Waals surface area contributed by atoms with Gasteiger partial charge in [-0.1, -0.05) is 39.0 Å². The van der Waals surface area contributed by atoms with Gasteiger partial charge in [0, 0.05) is 61.7 Å². The van der Waals surface area contributed by atoms with E-state index in [1.165, 1.54) is 0 Å². The first kappa shape index (κ1) is 22.7. The van der Waals surface area contributed by atoms with Crippen molar-refractivity contribution in [1.82, 2.24) is 25.6 Å². The Hall–Kier alpha value is -2.06. The van der Waals surface area contributed by atoms with E-state index in [1.807, 2.05) is 29.2 Å². The van der Waals surface area contributed by atoms with Crippen LogP contribution in [0.4, 0.5) is 0 Å². The number of amides is 1. The topological polar surface area (TPSA) is 69.7 Å². The van der Waals surface area contributed by atoms with Crippen LogP contribution in [-0.2, 0) is 4.74 Å². The van der Waals surface area contributed by atoms with Gasteiger partial charge in [0.2, 0.25) is 0 Å². The summed E-state index contributed by atoms with van der Waals surface area (Å²) in [6.45, 7) is 13.6. The number of aromatic nitrogens is 1. The Labute approximate surface area is 196 Å². The van der Waals surface area contributed by atoms with Gasteiger partial charge < -0.3 is 14.5 Å². The lowest BCUT2D eigenvalue weighted by Crippen LogP contribution is -2.44. The lowest BCUT2D eigenvalue weighted by molar-refractivity contribution is 0.0304. The number of hydrogen-bond acceptors (Lipinski definition) is 6. The summed E-state index contributed by atoms with van der Waals surface area (Å²) in [6, 6.07) is 10.6. The Bertz CT molecular complexity index is 998. The molecular formula is C26H37N5O2. The molecule has 0 bridgehead atoms. The van der Waals surface area contributed by atoms with E-state index in [4.69, 9.17) is 9.72 Å². The Balaban J connectivity index is 1.35. The summed E-state index contributed by atoms with van der Waals surface area (Å²) in [5.74, 6) is 1.05. The van der Waals surface area contributed by atoms with Crippen molar-refractivity contribution in [2.24, 2.45) is 11.3 Å². The summed E-state index contributed by atoms with van der Waals surface area (Å²) < 4.78 is 5.45. The van der Waals surface area contributed by atoms with Gasteiger partial charge in [-0.15, -0.1) is 0 Å². The number of benzene rings is 1. The molecule has 2 aromatic rings. The summed E-state index contributed by atoms with van der Waals surface area (Å²) in [4.78, 5) is 22.9. The first-order valence-electron chi connectivity index (χ1n) is 12.4.